The van der Waals surface area contributed by atoms with Gasteiger partial charge in [0.15, 0.2) is 0 Å². The maximum atomic E-state index is 10.2. The van der Waals surface area contributed by atoms with Crippen LogP contribution in [0.4, 0.5) is 0 Å². The van der Waals surface area contributed by atoms with Crippen molar-refractivity contribution in [2.75, 3.05) is 27.3 Å². The van der Waals surface area contributed by atoms with Crippen molar-refractivity contribution < 1.29 is 14.6 Å². The maximum Gasteiger partial charge on any atom is 0.113 e. The minimum absolute atomic E-state index is 0.00992. The van der Waals surface area contributed by atoms with Crippen LogP contribution in [0, 0.1) is 0 Å². The zero-order valence-electron chi connectivity index (χ0n) is 17.7. The molecule has 0 aromatic heterocycles. The molecular weight excluding hydrogens is 358 g/mol. The summed E-state index contributed by atoms with van der Waals surface area (Å²) < 4.78 is 11.8. The Bertz CT molecular complexity index is 454. The Morgan fingerprint density at radius 1 is 1.07 bits per heavy atom. The Kier molecular flexibility index (Phi) is 8.93. The SMILES string of the molecule is CNC1CC(C)NC(NC2CCC(OC)C(OC[C@H](O)CNC3CCC3)C2)N1. The highest BCUT2D eigenvalue weighted by molar-refractivity contribution is 4.89. The second-order valence-corrected chi connectivity index (χ2v) is 8.76. The van der Waals surface area contributed by atoms with Crippen LogP contribution in [0.3, 0.4) is 0 Å². The molecule has 1 heterocycles. The lowest BCUT2D eigenvalue weighted by Crippen LogP contribution is -2.68. The molecule has 6 N–H and O–H groups in total. The summed E-state index contributed by atoms with van der Waals surface area (Å²) >= 11 is 0. The lowest BCUT2D eigenvalue weighted by Gasteiger charge is -2.41. The largest absolute Gasteiger partial charge is 0.389 e. The molecule has 0 spiro atoms. The summed E-state index contributed by atoms with van der Waals surface area (Å²) in [6, 6.07) is 1.40. The van der Waals surface area contributed by atoms with Crippen molar-refractivity contribution in [3.8, 4) is 0 Å². The van der Waals surface area contributed by atoms with Crippen LogP contribution in [-0.4, -0.2) is 81.3 Å². The number of aliphatic hydroxyl groups excluding tert-OH is 1. The van der Waals surface area contributed by atoms with Gasteiger partial charge in [-0.15, -0.1) is 0 Å². The van der Waals surface area contributed by atoms with E-state index in [1.807, 2.05) is 7.05 Å². The Labute approximate surface area is 169 Å². The van der Waals surface area contributed by atoms with Gasteiger partial charge in [0, 0.05) is 31.8 Å². The van der Waals surface area contributed by atoms with Crippen LogP contribution in [-0.2, 0) is 9.47 Å². The van der Waals surface area contributed by atoms with E-state index in [1.165, 1.54) is 19.3 Å². The molecule has 2 saturated carbocycles. The van der Waals surface area contributed by atoms with E-state index in [-0.39, 0.29) is 18.5 Å². The lowest BCUT2D eigenvalue weighted by molar-refractivity contribution is -0.102. The Balaban J connectivity index is 1.42. The first-order chi connectivity index (χ1) is 13.6. The molecule has 8 nitrogen and oxygen atoms in total. The van der Waals surface area contributed by atoms with Gasteiger partial charge >= 0.3 is 0 Å². The fourth-order valence-corrected chi connectivity index (χ4v) is 4.46. The molecule has 3 aliphatic rings. The smallest absolute Gasteiger partial charge is 0.113 e. The van der Waals surface area contributed by atoms with Crippen LogP contribution in [0.5, 0.6) is 0 Å². The second kappa shape index (κ2) is 11.2. The van der Waals surface area contributed by atoms with Crippen LogP contribution < -0.4 is 26.6 Å². The molecule has 0 bridgehead atoms. The number of hydrogen-bond donors (Lipinski definition) is 6. The molecule has 0 aromatic carbocycles. The summed E-state index contributed by atoms with van der Waals surface area (Å²) in [7, 11) is 3.75. The molecular formula is C20H41N5O3. The van der Waals surface area contributed by atoms with E-state index < -0.39 is 6.10 Å². The first-order valence-corrected chi connectivity index (χ1v) is 11.1. The second-order valence-electron chi connectivity index (χ2n) is 8.76. The van der Waals surface area contributed by atoms with Crippen molar-refractivity contribution in [2.45, 2.75) is 101 Å². The lowest BCUT2D eigenvalue weighted by atomic mass is 9.90. The van der Waals surface area contributed by atoms with Gasteiger partial charge in [0.05, 0.1) is 31.1 Å². The number of rotatable bonds is 10. The number of nitrogens with one attached hydrogen (secondary N) is 5. The average Bonchev–Trinajstić information content (AvgIpc) is 2.64. The topological polar surface area (TPSA) is 98.8 Å². The van der Waals surface area contributed by atoms with Crippen LogP contribution in [0.25, 0.3) is 0 Å². The zero-order valence-corrected chi connectivity index (χ0v) is 17.7. The van der Waals surface area contributed by atoms with E-state index in [0.717, 1.165) is 25.7 Å². The van der Waals surface area contributed by atoms with Gasteiger partial charge in [0.25, 0.3) is 0 Å². The van der Waals surface area contributed by atoms with Gasteiger partial charge in [0.2, 0.25) is 0 Å². The zero-order chi connectivity index (χ0) is 19.9. The molecule has 28 heavy (non-hydrogen) atoms. The molecule has 1 aliphatic heterocycles. The van der Waals surface area contributed by atoms with Crippen molar-refractivity contribution in [3.05, 3.63) is 0 Å². The van der Waals surface area contributed by atoms with Gasteiger partial charge in [-0.2, -0.15) is 0 Å². The monoisotopic (exact) mass is 399 g/mol. The third kappa shape index (κ3) is 6.60. The van der Waals surface area contributed by atoms with Crippen LogP contribution >= 0.6 is 0 Å². The normalized spacial score (nSPS) is 38.1. The molecule has 2 aliphatic carbocycles. The fraction of sp³-hybridized carbons (Fsp3) is 1.00. The number of aliphatic hydroxyl groups is 1. The van der Waals surface area contributed by atoms with E-state index in [2.05, 4.69) is 33.5 Å². The molecule has 0 aromatic rings. The van der Waals surface area contributed by atoms with Gasteiger partial charge in [-0.05, 0) is 52.5 Å². The van der Waals surface area contributed by atoms with E-state index in [4.69, 9.17) is 9.47 Å². The molecule has 0 radical (unpaired) electrons. The highest BCUT2D eigenvalue weighted by Crippen LogP contribution is 2.25. The van der Waals surface area contributed by atoms with Gasteiger partial charge in [-0.25, -0.2) is 0 Å². The summed E-state index contributed by atoms with van der Waals surface area (Å²) in [5.74, 6) is 0. The van der Waals surface area contributed by atoms with E-state index in [9.17, 15) is 5.11 Å². The predicted octanol–water partition coefficient (Wildman–Crippen LogP) is -0.168. The van der Waals surface area contributed by atoms with E-state index in [0.29, 0.717) is 37.4 Å². The summed E-state index contributed by atoms with van der Waals surface area (Å²) in [4.78, 5) is 0. The quantitative estimate of drug-likeness (QED) is 0.301. The Morgan fingerprint density at radius 2 is 1.89 bits per heavy atom. The molecule has 7 atom stereocenters. The van der Waals surface area contributed by atoms with Crippen LogP contribution in [0.15, 0.2) is 0 Å². The summed E-state index contributed by atoms with van der Waals surface area (Å²) in [5.41, 5.74) is 0. The third-order valence-corrected chi connectivity index (χ3v) is 6.44. The number of methoxy groups -OCH3 is 1. The van der Waals surface area contributed by atoms with Crippen molar-refractivity contribution in [1.29, 1.82) is 0 Å². The molecule has 164 valence electrons. The average molecular weight is 400 g/mol. The van der Waals surface area contributed by atoms with Gasteiger partial charge in [0.1, 0.15) is 6.29 Å². The number of ether oxygens (including phenoxy) is 2. The minimum atomic E-state index is -0.467. The third-order valence-electron chi connectivity index (χ3n) is 6.44. The van der Waals surface area contributed by atoms with Crippen molar-refractivity contribution >= 4 is 0 Å². The Hall–Kier alpha value is -0.320. The molecule has 0 amide bonds. The van der Waals surface area contributed by atoms with Gasteiger partial charge in [-0.1, -0.05) is 6.42 Å². The molecule has 3 rings (SSSR count). The summed E-state index contributed by atoms with van der Waals surface area (Å²) in [6.45, 7) is 3.18. The molecule has 1 saturated heterocycles. The van der Waals surface area contributed by atoms with Crippen molar-refractivity contribution in [3.63, 3.8) is 0 Å². The maximum absolute atomic E-state index is 10.2. The van der Waals surface area contributed by atoms with Crippen molar-refractivity contribution in [1.82, 2.24) is 26.6 Å². The fourth-order valence-electron chi connectivity index (χ4n) is 4.46. The highest BCUT2D eigenvalue weighted by atomic mass is 16.5. The highest BCUT2D eigenvalue weighted by Gasteiger charge is 2.34. The van der Waals surface area contributed by atoms with Crippen LogP contribution in [0.1, 0.15) is 51.9 Å². The first-order valence-electron chi connectivity index (χ1n) is 11.1. The number of hydrogen-bond acceptors (Lipinski definition) is 8. The van der Waals surface area contributed by atoms with E-state index in [1.54, 1.807) is 7.11 Å². The summed E-state index contributed by atoms with van der Waals surface area (Å²) in [5, 5.41) is 27.8. The molecule has 3 fully saturated rings. The van der Waals surface area contributed by atoms with E-state index >= 15 is 0 Å². The van der Waals surface area contributed by atoms with Gasteiger partial charge in [-0.3, -0.25) is 16.0 Å². The summed E-state index contributed by atoms with van der Waals surface area (Å²) in [6.07, 6.45) is 7.77. The van der Waals surface area contributed by atoms with Gasteiger partial charge < -0.3 is 25.2 Å². The van der Waals surface area contributed by atoms with Crippen LogP contribution in [0.2, 0.25) is 0 Å². The van der Waals surface area contributed by atoms with Crippen molar-refractivity contribution in [2.24, 2.45) is 0 Å². The predicted molar refractivity (Wildman–Crippen MR) is 110 cm³/mol. The first kappa shape index (κ1) is 22.4. The molecule has 6 unspecified atom stereocenters. The Morgan fingerprint density at radius 3 is 2.57 bits per heavy atom. The molecule has 8 heteroatoms. The minimum Gasteiger partial charge on any atom is -0.389 e. The standard InChI is InChI=1S/C20H41N5O3/c1-13-9-19(21-2)25-20(23-13)24-15-7-8-17(27-3)18(10-15)28-12-16(26)11-22-14-5-4-6-14/h13-26H,4-12H2,1-3H3/t13?,15?,16-,17?,18?,19?,20?/m1/s1.